The summed E-state index contributed by atoms with van der Waals surface area (Å²) in [4.78, 5) is 0. The van der Waals surface area contributed by atoms with Gasteiger partial charge >= 0.3 is 0 Å². The SMILES string of the molecule is CC.CC(F)(F)CCN. The van der Waals surface area contributed by atoms with E-state index in [1.165, 1.54) is 0 Å². The standard InChI is InChI=1S/C4H9F2N.C2H6/c1-4(5,6)2-3-7;1-2/h2-3,7H2,1H3;1-2H3. The van der Waals surface area contributed by atoms with E-state index < -0.39 is 5.92 Å². The summed E-state index contributed by atoms with van der Waals surface area (Å²) >= 11 is 0. The second-order valence-electron chi connectivity index (χ2n) is 1.61. The van der Waals surface area contributed by atoms with Gasteiger partial charge in [-0.3, -0.25) is 0 Å². The van der Waals surface area contributed by atoms with Crippen molar-refractivity contribution in [2.45, 2.75) is 33.1 Å². The third-order valence-electron chi connectivity index (χ3n) is 0.583. The summed E-state index contributed by atoms with van der Waals surface area (Å²) in [5.41, 5.74) is 4.83. The summed E-state index contributed by atoms with van der Waals surface area (Å²) < 4.78 is 23.3. The predicted molar refractivity (Wildman–Crippen MR) is 35.6 cm³/mol. The molecule has 0 aliphatic rings. The third kappa shape index (κ3) is 18.2. The fraction of sp³-hybridized carbons (Fsp3) is 1.00. The molecule has 0 saturated carbocycles. The molecule has 0 saturated heterocycles. The van der Waals surface area contributed by atoms with E-state index in [0.29, 0.717) is 0 Å². The normalized spacial score (nSPS) is 10.0. The van der Waals surface area contributed by atoms with Gasteiger partial charge < -0.3 is 5.73 Å². The average Bonchev–Trinajstić information content (AvgIpc) is 1.69. The van der Waals surface area contributed by atoms with Gasteiger partial charge in [-0.2, -0.15) is 0 Å². The van der Waals surface area contributed by atoms with E-state index in [2.05, 4.69) is 0 Å². The van der Waals surface area contributed by atoms with Gasteiger partial charge in [0.05, 0.1) is 0 Å². The van der Waals surface area contributed by atoms with Crippen LogP contribution in [0.25, 0.3) is 0 Å². The maximum absolute atomic E-state index is 11.6. The van der Waals surface area contributed by atoms with E-state index in [4.69, 9.17) is 5.73 Å². The Morgan fingerprint density at radius 2 is 1.67 bits per heavy atom. The minimum Gasteiger partial charge on any atom is -0.330 e. The lowest BCUT2D eigenvalue weighted by Gasteiger charge is -2.05. The van der Waals surface area contributed by atoms with Gasteiger partial charge in [0.15, 0.2) is 0 Å². The molecule has 1 nitrogen and oxygen atoms in total. The Bertz CT molecular complexity index is 49.5. The first kappa shape index (κ1) is 11.6. The molecular formula is C6H15F2N. The molecule has 0 amide bonds. The molecule has 58 valence electrons. The summed E-state index contributed by atoms with van der Waals surface area (Å²) in [7, 11) is 0. The molecule has 0 aromatic rings. The van der Waals surface area contributed by atoms with Crippen molar-refractivity contribution in [2.24, 2.45) is 5.73 Å². The Morgan fingerprint density at radius 3 is 1.67 bits per heavy atom. The lowest BCUT2D eigenvalue weighted by atomic mass is 10.3. The van der Waals surface area contributed by atoms with Crippen LogP contribution in [-0.2, 0) is 0 Å². The maximum atomic E-state index is 11.6. The molecule has 0 radical (unpaired) electrons. The summed E-state index contributed by atoms with van der Waals surface area (Å²) in [6.45, 7) is 4.92. The van der Waals surface area contributed by atoms with Crippen LogP contribution in [0.5, 0.6) is 0 Å². The molecule has 3 heteroatoms. The zero-order valence-electron chi connectivity index (χ0n) is 6.25. The second kappa shape index (κ2) is 5.95. The fourth-order valence-corrected chi connectivity index (χ4v) is 0.253. The lowest BCUT2D eigenvalue weighted by molar-refractivity contribution is 0.0156. The van der Waals surface area contributed by atoms with Gasteiger partial charge in [0.25, 0.3) is 0 Å². The van der Waals surface area contributed by atoms with Crippen LogP contribution in [0.3, 0.4) is 0 Å². The molecule has 0 heterocycles. The van der Waals surface area contributed by atoms with E-state index in [1.807, 2.05) is 13.8 Å². The van der Waals surface area contributed by atoms with E-state index in [-0.39, 0.29) is 13.0 Å². The highest BCUT2D eigenvalue weighted by atomic mass is 19.3. The molecule has 0 unspecified atom stereocenters. The summed E-state index contributed by atoms with van der Waals surface area (Å²) in [5.74, 6) is -2.57. The van der Waals surface area contributed by atoms with E-state index in [9.17, 15) is 8.78 Å². The highest BCUT2D eigenvalue weighted by Crippen LogP contribution is 2.14. The zero-order chi connectivity index (χ0) is 7.91. The molecule has 0 spiro atoms. The smallest absolute Gasteiger partial charge is 0.246 e. The van der Waals surface area contributed by atoms with Gasteiger partial charge in [-0.1, -0.05) is 13.8 Å². The maximum Gasteiger partial charge on any atom is 0.246 e. The lowest BCUT2D eigenvalue weighted by Crippen LogP contribution is -2.15. The van der Waals surface area contributed by atoms with Crippen LogP contribution in [0, 0.1) is 0 Å². The molecule has 2 N–H and O–H groups in total. The van der Waals surface area contributed by atoms with Crippen LogP contribution in [0.15, 0.2) is 0 Å². The van der Waals surface area contributed by atoms with Crippen molar-refractivity contribution >= 4 is 0 Å². The Hall–Kier alpha value is -0.180. The average molecular weight is 139 g/mol. The Morgan fingerprint density at radius 1 is 1.33 bits per heavy atom. The van der Waals surface area contributed by atoms with Crippen molar-refractivity contribution in [1.29, 1.82) is 0 Å². The van der Waals surface area contributed by atoms with Crippen LogP contribution in [0.4, 0.5) is 8.78 Å². The van der Waals surface area contributed by atoms with Crippen LogP contribution in [0.2, 0.25) is 0 Å². The molecule has 0 bridgehead atoms. The summed E-state index contributed by atoms with van der Waals surface area (Å²) in [6.07, 6.45) is -0.215. The summed E-state index contributed by atoms with van der Waals surface area (Å²) in [6, 6.07) is 0. The van der Waals surface area contributed by atoms with Gasteiger partial charge in [-0.05, 0) is 13.5 Å². The van der Waals surface area contributed by atoms with E-state index >= 15 is 0 Å². The van der Waals surface area contributed by atoms with Crippen molar-refractivity contribution in [3.8, 4) is 0 Å². The topological polar surface area (TPSA) is 26.0 Å². The van der Waals surface area contributed by atoms with Gasteiger partial charge in [-0.25, -0.2) is 8.78 Å². The molecule has 0 atom stereocenters. The van der Waals surface area contributed by atoms with Crippen molar-refractivity contribution in [3.05, 3.63) is 0 Å². The Kier molecular flexibility index (Phi) is 7.66. The first-order valence-corrected chi connectivity index (χ1v) is 3.14. The van der Waals surface area contributed by atoms with Gasteiger partial charge in [-0.15, -0.1) is 0 Å². The molecule has 0 aliphatic carbocycles. The number of nitrogens with two attached hydrogens (primary N) is 1. The highest BCUT2D eigenvalue weighted by molar-refractivity contribution is 4.56. The third-order valence-corrected chi connectivity index (χ3v) is 0.583. The Labute approximate surface area is 55.2 Å². The monoisotopic (exact) mass is 139 g/mol. The number of rotatable bonds is 2. The minimum absolute atomic E-state index is 0.0590. The number of alkyl halides is 2. The molecule has 9 heavy (non-hydrogen) atoms. The van der Waals surface area contributed by atoms with E-state index in [0.717, 1.165) is 6.92 Å². The minimum atomic E-state index is -2.57. The molecule has 0 aromatic heterocycles. The Balaban J connectivity index is 0. The van der Waals surface area contributed by atoms with Crippen molar-refractivity contribution < 1.29 is 8.78 Å². The molecule has 0 aliphatic heterocycles. The van der Waals surface area contributed by atoms with Crippen LogP contribution >= 0.6 is 0 Å². The number of halogens is 2. The van der Waals surface area contributed by atoms with Gasteiger partial charge in [0.1, 0.15) is 0 Å². The first-order valence-electron chi connectivity index (χ1n) is 3.14. The van der Waals surface area contributed by atoms with Crippen LogP contribution in [0.1, 0.15) is 27.2 Å². The number of hydrogen-bond donors (Lipinski definition) is 1. The van der Waals surface area contributed by atoms with Gasteiger partial charge in [0, 0.05) is 6.42 Å². The van der Waals surface area contributed by atoms with Crippen molar-refractivity contribution in [2.75, 3.05) is 6.54 Å². The highest BCUT2D eigenvalue weighted by Gasteiger charge is 2.18. The molecular weight excluding hydrogens is 124 g/mol. The largest absolute Gasteiger partial charge is 0.330 e. The van der Waals surface area contributed by atoms with Gasteiger partial charge in [0.2, 0.25) is 5.92 Å². The zero-order valence-corrected chi connectivity index (χ0v) is 6.25. The quantitative estimate of drug-likeness (QED) is 0.622. The first-order chi connectivity index (χ1) is 4.06. The number of hydrogen-bond acceptors (Lipinski definition) is 1. The molecule has 0 rings (SSSR count). The van der Waals surface area contributed by atoms with Crippen molar-refractivity contribution in [3.63, 3.8) is 0 Å². The van der Waals surface area contributed by atoms with Crippen LogP contribution in [-0.4, -0.2) is 12.5 Å². The fourth-order valence-electron chi connectivity index (χ4n) is 0.253. The van der Waals surface area contributed by atoms with E-state index in [1.54, 1.807) is 0 Å². The van der Waals surface area contributed by atoms with Crippen LogP contribution < -0.4 is 5.73 Å². The van der Waals surface area contributed by atoms with Crippen molar-refractivity contribution in [1.82, 2.24) is 0 Å². The predicted octanol–water partition coefficient (Wildman–Crippen LogP) is 2.02. The second-order valence-corrected chi connectivity index (χ2v) is 1.61. The summed E-state index contributed by atoms with van der Waals surface area (Å²) in [5, 5.41) is 0. The molecule has 0 aromatic carbocycles. The molecule has 0 fully saturated rings.